The van der Waals surface area contributed by atoms with Crippen LogP contribution < -0.4 is 33.4 Å². The number of halogens is 1. The van der Waals surface area contributed by atoms with Crippen LogP contribution in [0.5, 0.6) is 0 Å². The van der Waals surface area contributed by atoms with Crippen molar-refractivity contribution in [1.82, 2.24) is 0 Å². The molecule has 3 heteroatoms. The van der Waals surface area contributed by atoms with E-state index < -0.39 is 0 Å². The number of rotatable bonds is 9. The zero-order chi connectivity index (χ0) is 18.5. The van der Waals surface area contributed by atoms with Crippen molar-refractivity contribution in [3.05, 3.63) is 48.5 Å². The molecular formula is C25H33IN2. The molecule has 1 fully saturated rings. The number of benzene rings is 2. The highest BCUT2D eigenvalue weighted by molar-refractivity contribution is 5.96. The maximum atomic E-state index is 2.57. The molecule has 2 aromatic carbocycles. The van der Waals surface area contributed by atoms with Crippen LogP contribution in [0.4, 0.5) is 5.69 Å². The molecule has 3 aromatic rings. The second kappa shape index (κ2) is 10.4. The number of unbranched alkanes of at least 4 members (excludes halogenated alkanes) is 6. The van der Waals surface area contributed by atoms with Crippen LogP contribution >= 0.6 is 0 Å². The lowest BCUT2D eigenvalue weighted by molar-refractivity contribution is -0.645. The highest BCUT2D eigenvalue weighted by atomic mass is 127. The number of aromatic nitrogens is 1. The lowest BCUT2D eigenvalue weighted by Crippen LogP contribution is -3.00. The van der Waals surface area contributed by atoms with Crippen molar-refractivity contribution in [2.45, 2.75) is 64.8 Å². The molecule has 0 bridgehead atoms. The van der Waals surface area contributed by atoms with E-state index in [4.69, 9.17) is 0 Å². The Morgan fingerprint density at radius 2 is 1.54 bits per heavy atom. The summed E-state index contributed by atoms with van der Waals surface area (Å²) in [5.41, 5.74) is 4.18. The normalized spacial score (nSPS) is 13.5. The van der Waals surface area contributed by atoms with Crippen molar-refractivity contribution in [2.24, 2.45) is 0 Å². The van der Waals surface area contributed by atoms with E-state index in [1.807, 2.05) is 0 Å². The van der Waals surface area contributed by atoms with Gasteiger partial charge in [0.05, 0.1) is 11.1 Å². The second-order valence-corrected chi connectivity index (χ2v) is 8.03. The average Bonchev–Trinajstić information content (AvgIpc) is 2.65. The van der Waals surface area contributed by atoms with Gasteiger partial charge < -0.3 is 28.9 Å². The SMILES string of the molecule is CCCCCCCCC[n+]1c2ccccc2cc2c(N3CCC3)cccc21.[I-]. The number of anilines is 1. The van der Waals surface area contributed by atoms with Crippen LogP contribution in [-0.4, -0.2) is 13.1 Å². The number of para-hydroxylation sites is 1. The van der Waals surface area contributed by atoms with Crippen LogP contribution in [0.1, 0.15) is 58.3 Å². The Kier molecular flexibility index (Phi) is 7.95. The van der Waals surface area contributed by atoms with Gasteiger partial charge in [0.1, 0.15) is 6.54 Å². The summed E-state index contributed by atoms with van der Waals surface area (Å²) in [7, 11) is 0. The molecule has 1 aliphatic heterocycles. The Labute approximate surface area is 187 Å². The van der Waals surface area contributed by atoms with Crippen molar-refractivity contribution in [3.8, 4) is 0 Å². The maximum absolute atomic E-state index is 2.57. The summed E-state index contributed by atoms with van der Waals surface area (Å²) in [6.45, 7) is 5.80. The minimum atomic E-state index is 0. The van der Waals surface area contributed by atoms with Crippen molar-refractivity contribution >= 4 is 27.5 Å². The maximum Gasteiger partial charge on any atom is 0.215 e. The fourth-order valence-electron chi connectivity index (χ4n) is 4.37. The van der Waals surface area contributed by atoms with Gasteiger partial charge in [0.15, 0.2) is 0 Å². The van der Waals surface area contributed by atoms with Crippen LogP contribution in [0.25, 0.3) is 21.8 Å². The average molecular weight is 488 g/mol. The van der Waals surface area contributed by atoms with Gasteiger partial charge >= 0.3 is 0 Å². The summed E-state index contributed by atoms with van der Waals surface area (Å²) in [5, 5.41) is 2.78. The monoisotopic (exact) mass is 488 g/mol. The number of hydrogen-bond acceptors (Lipinski definition) is 1. The molecule has 0 N–H and O–H groups in total. The molecule has 1 saturated heterocycles. The molecule has 2 nitrogen and oxygen atoms in total. The first-order valence-electron chi connectivity index (χ1n) is 11.0. The van der Waals surface area contributed by atoms with Crippen molar-refractivity contribution < 1.29 is 28.5 Å². The highest BCUT2D eigenvalue weighted by Gasteiger charge is 2.21. The van der Waals surface area contributed by atoms with Gasteiger partial charge in [-0.05, 0) is 31.0 Å². The number of pyridine rings is 1. The lowest BCUT2D eigenvalue weighted by atomic mass is 10.0. The molecule has 0 radical (unpaired) electrons. The molecule has 0 unspecified atom stereocenters. The molecule has 28 heavy (non-hydrogen) atoms. The van der Waals surface area contributed by atoms with Gasteiger partial charge in [0.25, 0.3) is 0 Å². The molecule has 0 spiro atoms. The quantitative estimate of drug-likeness (QED) is 0.194. The third kappa shape index (κ3) is 4.61. The fraction of sp³-hybridized carbons (Fsp3) is 0.480. The summed E-state index contributed by atoms with van der Waals surface area (Å²) < 4.78 is 2.57. The van der Waals surface area contributed by atoms with Crippen molar-refractivity contribution in [3.63, 3.8) is 0 Å². The standard InChI is InChI=1S/C25H33N2.HI/c1-2-3-4-5-6-7-10-19-27-23-14-9-8-13-21(23)20-22-24(26-17-12-18-26)15-11-16-25(22)27;/h8-9,11,13-16,20H,2-7,10,12,17-19H2,1H3;1H/q+1;/p-1. The predicted octanol–water partition coefficient (Wildman–Crippen LogP) is 3.25. The van der Waals surface area contributed by atoms with Gasteiger partial charge in [0, 0.05) is 37.0 Å². The molecule has 0 aliphatic carbocycles. The molecule has 1 aromatic heterocycles. The van der Waals surface area contributed by atoms with E-state index in [0.29, 0.717) is 0 Å². The van der Waals surface area contributed by atoms with E-state index in [9.17, 15) is 0 Å². The summed E-state index contributed by atoms with van der Waals surface area (Å²) in [6, 6.07) is 18.1. The van der Waals surface area contributed by atoms with Gasteiger partial charge in [-0.3, -0.25) is 0 Å². The Bertz CT molecular complexity index is 902. The number of nitrogens with zero attached hydrogens (tertiary/aromatic N) is 2. The van der Waals surface area contributed by atoms with Gasteiger partial charge in [-0.1, -0.05) is 57.2 Å². The van der Waals surface area contributed by atoms with Crippen molar-refractivity contribution in [2.75, 3.05) is 18.0 Å². The third-order valence-electron chi connectivity index (χ3n) is 6.06. The van der Waals surface area contributed by atoms with E-state index in [1.165, 1.54) is 91.9 Å². The first kappa shape index (κ1) is 21.4. The van der Waals surface area contributed by atoms with Crippen molar-refractivity contribution in [1.29, 1.82) is 0 Å². The first-order valence-corrected chi connectivity index (χ1v) is 11.0. The second-order valence-electron chi connectivity index (χ2n) is 8.03. The molecule has 2 heterocycles. The molecule has 0 amide bonds. The third-order valence-corrected chi connectivity index (χ3v) is 6.06. The molecule has 0 saturated carbocycles. The Morgan fingerprint density at radius 1 is 0.821 bits per heavy atom. The van der Waals surface area contributed by atoms with E-state index in [0.717, 1.165) is 6.54 Å². The zero-order valence-corrected chi connectivity index (χ0v) is 19.3. The molecular weight excluding hydrogens is 455 g/mol. The van der Waals surface area contributed by atoms with Crippen LogP contribution in [0.3, 0.4) is 0 Å². The minimum Gasteiger partial charge on any atom is -1.00 e. The van der Waals surface area contributed by atoms with Crippen LogP contribution in [-0.2, 0) is 6.54 Å². The van der Waals surface area contributed by atoms with E-state index in [2.05, 4.69) is 64.9 Å². The van der Waals surface area contributed by atoms with Gasteiger partial charge in [-0.25, -0.2) is 0 Å². The van der Waals surface area contributed by atoms with Gasteiger partial charge in [0.2, 0.25) is 11.0 Å². The Hall–Kier alpha value is -1.36. The Balaban J connectivity index is 0.00000225. The smallest absolute Gasteiger partial charge is 0.215 e. The van der Waals surface area contributed by atoms with Gasteiger partial charge in [-0.2, -0.15) is 4.57 Å². The molecule has 150 valence electrons. The summed E-state index contributed by atoms with van der Waals surface area (Å²) in [5.74, 6) is 0. The first-order chi connectivity index (χ1) is 13.4. The van der Waals surface area contributed by atoms with E-state index in [1.54, 1.807) is 0 Å². The number of hydrogen-bond donors (Lipinski definition) is 0. The zero-order valence-electron chi connectivity index (χ0n) is 17.2. The minimum absolute atomic E-state index is 0. The molecule has 0 atom stereocenters. The lowest BCUT2D eigenvalue weighted by Gasteiger charge is -2.33. The van der Waals surface area contributed by atoms with E-state index in [-0.39, 0.29) is 24.0 Å². The van der Waals surface area contributed by atoms with Crippen LogP contribution in [0.2, 0.25) is 0 Å². The Morgan fingerprint density at radius 3 is 2.29 bits per heavy atom. The largest absolute Gasteiger partial charge is 1.00 e. The van der Waals surface area contributed by atoms with E-state index >= 15 is 0 Å². The summed E-state index contributed by atoms with van der Waals surface area (Å²) >= 11 is 0. The topological polar surface area (TPSA) is 7.12 Å². The highest BCUT2D eigenvalue weighted by Crippen LogP contribution is 2.30. The predicted molar refractivity (Wildman–Crippen MR) is 116 cm³/mol. The summed E-state index contributed by atoms with van der Waals surface area (Å²) in [6.07, 6.45) is 10.8. The summed E-state index contributed by atoms with van der Waals surface area (Å²) in [4.78, 5) is 2.52. The molecule has 1 aliphatic rings. The number of fused-ring (bicyclic) bond motifs is 2. The van der Waals surface area contributed by atoms with Gasteiger partial charge in [-0.15, -0.1) is 0 Å². The van der Waals surface area contributed by atoms with Crippen LogP contribution in [0, 0.1) is 0 Å². The van der Waals surface area contributed by atoms with Crippen LogP contribution in [0.15, 0.2) is 48.5 Å². The molecule has 4 rings (SSSR count). The fourth-order valence-corrected chi connectivity index (χ4v) is 4.37. The number of aryl methyl sites for hydroxylation is 1.